The van der Waals surface area contributed by atoms with Crippen molar-refractivity contribution >= 4 is 11.6 Å². The predicted molar refractivity (Wildman–Crippen MR) is 70.2 cm³/mol. The largest absolute Gasteiger partial charge is 0.396 e. The third kappa shape index (κ3) is 2.64. The molecular formula is C12H21N5O. The number of nitrogens with one attached hydrogen (secondary N) is 1. The van der Waals surface area contributed by atoms with Gasteiger partial charge in [-0.1, -0.05) is 0 Å². The van der Waals surface area contributed by atoms with E-state index in [0.29, 0.717) is 17.4 Å². The Hall–Kier alpha value is -1.56. The van der Waals surface area contributed by atoms with Gasteiger partial charge in [-0.2, -0.15) is 5.10 Å². The number of carbonyl (C=O) groups is 1. The number of rotatable bonds is 2. The summed E-state index contributed by atoms with van der Waals surface area (Å²) in [5.41, 5.74) is 6.49. The standard InChI is InChI=1S/C12H21N5O/c1-8-6-9(4-5-16(8)2)14-12(18)11-10(13)7-17(3)15-11/h7-9H,4-6,13H2,1-3H3,(H,14,18). The number of nitrogens with two attached hydrogens (primary N) is 1. The molecule has 1 aromatic rings. The summed E-state index contributed by atoms with van der Waals surface area (Å²) in [7, 11) is 3.87. The molecule has 1 aromatic heterocycles. The Bertz CT molecular complexity index is 442. The molecular weight excluding hydrogens is 230 g/mol. The van der Waals surface area contributed by atoms with E-state index in [2.05, 4.69) is 29.3 Å². The zero-order chi connectivity index (χ0) is 13.3. The van der Waals surface area contributed by atoms with Gasteiger partial charge in [-0.05, 0) is 26.8 Å². The van der Waals surface area contributed by atoms with Gasteiger partial charge in [0, 0.05) is 31.9 Å². The quantitative estimate of drug-likeness (QED) is 0.788. The SMILES string of the molecule is CC1CC(NC(=O)c2nn(C)cc2N)CCN1C. The lowest BCUT2D eigenvalue weighted by Gasteiger charge is -2.35. The Morgan fingerprint density at radius 3 is 2.83 bits per heavy atom. The van der Waals surface area contributed by atoms with Crippen molar-refractivity contribution in [2.24, 2.45) is 7.05 Å². The van der Waals surface area contributed by atoms with Crippen LogP contribution in [0.15, 0.2) is 6.20 Å². The lowest BCUT2D eigenvalue weighted by molar-refractivity contribution is 0.0891. The minimum absolute atomic E-state index is 0.171. The summed E-state index contributed by atoms with van der Waals surface area (Å²) in [5, 5.41) is 7.10. The van der Waals surface area contributed by atoms with E-state index in [1.54, 1.807) is 17.9 Å². The van der Waals surface area contributed by atoms with Crippen LogP contribution in [0.25, 0.3) is 0 Å². The molecule has 1 fully saturated rings. The van der Waals surface area contributed by atoms with E-state index in [1.807, 2.05) is 0 Å². The average Bonchev–Trinajstić information content (AvgIpc) is 2.63. The molecule has 0 aromatic carbocycles. The molecule has 1 aliphatic heterocycles. The third-order valence-corrected chi connectivity index (χ3v) is 3.62. The molecule has 0 spiro atoms. The molecule has 1 saturated heterocycles. The number of amides is 1. The van der Waals surface area contributed by atoms with Crippen LogP contribution in [-0.2, 0) is 7.05 Å². The second-order valence-electron chi connectivity index (χ2n) is 5.13. The van der Waals surface area contributed by atoms with E-state index in [-0.39, 0.29) is 11.9 Å². The maximum Gasteiger partial charge on any atom is 0.274 e. The first-order valence-electron chi connectivity index (χ1n) is 6.27. The first-order valence-corrected chi connectivity index (χ1v) is 6.27. The highest BCUT2D eigenvalue weighted by Gasteiger charge is 2.25. The van der Waals surface area contributed by atoms with Gasteiger partial charge in [0.15, 0.2) is 5.69 Å². The number of nitrogen functional groups attached to an aromatic ring is 1. The molecule has 2 rings (SSSR count). The number of hydrogen-bond donors (Lipinski definition) is 2. The zero-order valence-corrected chi connectivity index (χ0v) is 11.2. The van der Waals surface area contributed by atoms with Gasteiger partial charge in [-0.3, -0.25) is 9.48 Å². The second-order valence-corrected chi connectivity index (χ2v) is 5.13. The van der Waals surface area contributed by atoms with Crippen LogP contribution in [0.1, 0.15) is 30.3 Å². The molecule has 18 heavy (non-hydrogen) atoms. The van der Waals surface area contributed by atoms with E-state index >= 15 is 0 Å². The first kappa shape index (κ1) is 12.9. The smallest absolute Gasteiger partial charge is 0.274 e. The number of aromatic nitrogens is 2. The Kier molecular flexibility index (Phi) is 3.56. The van der Waals surface area contributed by atoms with Crippen LogP contribution < -0.4 is 11.1 Å². The van der Waals surface area contributed by atoms with Gasteiger partial charge in [0.05, 0.1) is 5.69 Å². The van der Waals surface area contributed by atoms with Crippen LogP contribution in [0.4, 0.5) is 5.69 Å². The molecule has 0 radical (unpaired) electrons. The lowest BCUT2D eigenvalue weighted by atomic mass is 9.99. The zero-order valence-electron chi connectivity index (χ0n) is 11.2. The summed E-state index contributed by atoms with van der Waals surface area (Å²) in [6, 6.07) is 0.704. The van der Waals surface area contributed by atoms with Crippen molar-refractivity contribution in [3.05, 3.63) is 11.9 Å². The van der Waals surface area contributed by atoms with Gasteiger partial charge in [-0.25, -0.2) is 0 Å². The van der Waals surface area contributed by atoms with Crippen molar-refractivity contribution in [2.75, 3.05) is 19.3 Å². The molecule has 3 N–H and O–H groups in total. The van der Waals surface area contributed by atoms with Crippen LogP contribution in [0.5, 0.6) is 0 Å². The van der Waals surface area contributed by atoms with Crippen molar-refractivity contribution in [3.8, 4) is 0 Å². The monoisotopic (exact) mass is 251 g/mol. The molecule has 6 nitrogen and oxygen atoms in total. The number of piperidine rings is 1. The van der Waals surface area contributed by atoms with Crippen LogP contribution in [0.3, 0.4) is 0 Å². The van der Waals surface area contributed by atoms with Crippen molar-refractivity contribution in [1.29, 1.82) is 0 Å². The van der Waals surface area contributed by atoms with E-state index in [1.165, 1.54) is 0 Å². The number of hydrogen-bond acceptors (Lipinski definition) is 4. The minimum Gasteiger partial charge on any atom is -0.396 e. The van der Waals surface area contributed by atoms with Gasteiger partial charge in [-0.15, -0.1) is 0 Å². The normalized spacial score (nSPS) is 25.1. The Balaban J connectivity index is 1.98. The van der Waals surface area contributed by atoms with Crippen molar-refractivity contribution in [3.63, 3.8) is 0 Å². The van der Waals surface area contributed by atoms with Gasteiger partial charge in [0.25, 0.3) is 5.91 Å². The number of carbonyl (C=O) groups excluding carboxylic acids is 1. The van der Waals surface area contributed by atoms with Crippen LogP contribution in [-0.4, -0.2) is 46.3 Å². The van der Waals surface area contributed by atoms with Crippen LogP contribution in [0.2, 0.25) is 0 Å². The number of nitrogens with zero attached hydrogens (tertiary/aromatic N) is 3. The topological polar surface area (TPSA) is 76.2 Å². The molecule has 0 saturated carbocycles. The fraction of sp³-hybridized carbons (Fsp3) is 0.667. The fourth-order valence-electron chi connectivity index (χ4n) is 2.36. The number of aryl methyl sites for hydroxylation is 1. The summed E-state index contributed by atoms with van der Waals surface area (Å²) in [6.07, 6.45) is 3.58. The highest BCUT2D eigenvalue weighted by atomic mass is 16.2. The molecule has 0 aliphatic carbocycles. The van der Waals surface area contributed by atoms with Gasteiger partial charge < -0.3 is 16.0 Å². The highest BCUT2D eigenvalue weighted by molar-refractivity contribution is 5.97. The van der Waals surface area contributed by atoms with E-state index in [4.69, 9.17) is 5.73 Å². The lowest BCUT2D eigenvalue weighted by Crippen LogP contribution is -2.47. The summed E-state index contributed by atoms with van der Waals surface area (Å²) in [4.78, 5) is 14.4. The van der Waals surface area contributed by atoms with E-state index in [0.717, 1.165) is 19.4 Å². The average molecular weight is 251 g/mol. The minimum atomic E-state index is -0.171. The highest BCUT2D eigenvalue weighted by Crippen LogP contribution is 2.16. The Morgan fingerprint density at radius 2 is 2.28 bits per heavy atom. The van der Waals surface area contributed by atoms with Gasteiger partial charge >= 0.3 is 0 Å². The van der Waals surface area contributed by atoms with Crippen molar-refractivity contribution in [1.82, 2.24) is 20.0 Å². The van der Waals surface area contributed by atoms with E-state index in [9.17, 15) is 4.79 Å². The summed E-state index contributed by atoms with van der Waals surface area (Å²) in [5.74, 6) is -0.171. The number of anilines is 1. The maximum atomic E-state index is 12.1. The summed E-state index contributed by atoms with van der Waals surface area (Å²) in [6.45, 7) is 3.18. The van der Waals surface area contributed by atoms with Crippen molar-refractivity contribution < 1.29 is 4.79 Å². The van der Waals surface area contributed by atoms with Crippen LogP contribution >= 0.6 is 0 Å². The fourth-order valence-corrected chi connectivity index (χ4v) is 2.36. The predicted octanol–water partition coefficient (Wildman–Crippen LogP) is 0.215. The van der Waals surface area contributed by atoms with Gasteiger partial charge in [0.1, 0.15) is 0 Å². The first-order chi connectivity index (χ1) is 8.47. The molecule has 1 aliphatic rings. The molecule has 0 bridgehead atoms. The molecule has 2 heterocycles. The molecule has 100 valence electrons. The second kappa shape index (κ2) is 4.97. The summed E-state index contributed by atoms with van der Waals surface area (Å²) >= 11 is 0. The van der Waals surface area contributed by atoms with Crippen LogP contribution in [0, 0.1) is 0 Å². The number of likely N-dealkylation sites (tertiary alicyclic amines) is 1. The third-order valence-electron chi connectivity index (χ3n) is 3.62. The van der Waals surface area contributed by atoms with Gasteiger partial charge in [0.2, 0.25) is 0 Å². The Morgan fingerprint density at radius 1 is 1.56 bits per heavy atom. The molecule has 2 unspecified atom stereocenters. The molecule has 6 heteroatoms. The van der Waals surface area contributed by atoms with E-state index < -0.39 is 0 Å². The Labute approximate surface area is 107 Å². The summed E-state index contributed by atoms with van der Waals surface area (Å²) < 4.78 is 1.56. The molecule has 1 amide bonds. The molecule has 2 atom stereocenters. The van der Waals surface area contributed by atoms with Crippen molar-refractivity contribution in [2.45, 2.75) is 31.8 Å². The maximum absolute atomic E-state index is 12.1.